The lowest BCUT2D eigenvalue weighted by atomic mass is 9.92. The first-order chi connectivity index (χ1) is 15.0. The number of nitrogens with two attached hydrogens (primary N) is 1. The summed E-state index contributed by atoms with van der Waals surface area (Å²) >= 11 is 0. The van der Waals surface area contributed by atoms with Gasteiger partial charge in [0.15, 0.2) is 0 Å². The van der Waals surface area contributed by atoms with Crippen molar-refractivity contribution in [1.29, 1.82) is 0 Å². The van der Waals surface area contributed by atoms with Gasteiger partial charge in [-0.1, -0.05) is 12.1 Å². The van der Waals surface area contributed by atoms with E-state index in [-0.39, 0.29) is 24.1 Å². The van der Waals surface area contributed by atoms with E-state index in [9.17, 15) is 27.2 Å². The van der Waals surface area contributed by atoms with Crippen molar-refractivity contribution >= 4 is 28.6 Å². The smallest absolute Gasteiger partial charge is 0.430 e. The number of esters is 1. The number of quaternary nitrogens is 1. The third-order valence-electron chi connectivity index (χ3n) is 4.97. The van der Waals surface area contributed by atoms with Gasteiger partial charge in [0.05, 0.1) is 45.3 Å². The maximum atomic E-state index is 13.8. The number of hydrogen-bond donors (Lipinski definition) is 1. The molecule has 1 aliphatic heterocycles. The molecule has 2 aromatic rings. The summed E-state index contributed by atoms with van der Waals surface area (Å²) in [7, 11) is 1.34. The number of fused-ring (bicyclic) bond motifs is 1. The molecule has 1 aliphatic rings. The van der Waals surface area contributed by atoms with Crippen LogP contribution in [0.4, 0.5) is 17.6 Å². The number of carbonyl (C=O) groups excluding carboxylic acids is 3. The molecule has 0 atom stereocenters. The van der Waals surface area contributed by atoms with Crippen molar-refractivity contribution in [1.82, 2.24) is 4.90 Å². The van der Waals surface area contributed by atoms with E-state index in [1.54, 1.807) is 11.0 Å². The second-order valence-electron chi connectivity index (χ2n) is 7.10. The summed E-state index contributed by atoms with van der Waals surface area (Å²) in [6, 6.07) is 6.24. The Labute approximate surface area is 180 Å². The minimum Gasteiger partial charge on any atom is -0.542 e. The van der Waals surface area contributed by atoms with Gasteiger partial charge in [0.1, 0.15) is 11.8 Å². The van der Waals surface area contributed by atoms with E-state index in [0.29, 0.717) is 29.6 Å². The summed E-state index contributed by atoms with van der Waals surface area (Å²) < 4.78 is 50.1. The Balaban J connectivity index is 0.000000451. The number of benzene rings is 2. The second kappa shape index (κ2) is 10.4. The number of ether oxygens (including phenoxy) is 1. The van der Waals surface area contributed by atoms with Crippen LogP contribution >= 0.6 is 0 Å². The van der Waals surface area contributed by atoms with Crippen LogP contribution in [0.1, 0.15) is 21.5 Å². The normalized spacial score (nSPS) is 13.9. The van der Waals surface area contributed by atoms with E-state index in [4.69, 9.17) is 14.6 Å². The summed E-state index contributed by atoms with van der Waals surface area (Å²) in [5.74, 6) is -3.86. The van der Waals surface area contributed by atoms with Gasteiger partial charge >= 0.3 is 12.1 Å². The van der Waals surface area contributed by atoms with Crippen molar-refractivity contribution in [3.8, 4) is 0 Å². The number of aliphatic carboxylic acids is 1. The number of hydrogen-bond acceptors (Lipinski definition) is 5. The molecule has 0 radical (unpaired) electrons. The SMILES string of the molecule is COC(=O)Cc1cc2ccc(F)cc2c(C(=O)N2CC[NH2+]CC2)c1C.O=C([O-])C(F)(F)F. The average Bonchev–Trinajstić information content (AvgIpc) is 2.74. The number of rotatable bonds is 3. The van der Waals surface area contributed by atoms with Crippen LogP contribution in [-0.2, 0) is 20.7 Å². The van der Waals surface area contributed by atoms with Gasteiger partial charge in [-0.25, -0.2) is 4.39 Å². The highest BCUT2D eigenvalue weighted by molar-refractivity contribution is 6.09. The summed E-state index contributed by atoms with van der Waals surface area (Å²) in [6.07, 6.45) is -5.11. The maximum absolute atomic E-state index is 13.8. The van der Waals surface area contributed by atoms with Gasteiger partial charge < -0.3 is 24.9 Å². The van der Waals surface area contributed by atoms with E-state index in [1.165, 1.54) is 19.2 Å². The van der Waals surface area contributed by atoms with Gasteiger partial charge in [-0.3, -0.25) is 9.59 Å². The minimum atomic E-state index is -5.19. The highest BCUT2D eigenvalue weighted by Crippen LogP contribution is 2.28. The van der Waals surface area contributed by atoms with Crippen LogP contribution in [0.5, 0.6) is 0 Å². The molecule has 2 N–H and O–H groups in total. The predicted octanol–water partition coefficient (Wildman–Crippen LogP) is 0.321. The minimum absolute atomic E-state index is 0.0870. The Morgan fingerprint density at radius 3 is 2.28 bits per heavy atom. The first-order valence-corrected chi connectivity index (χ1v) is 9.63. The molecule has 0 unspecified atom stereocenters. The van der Waals surface area contributed by atoms with E-state index >= 15 is 0 Å². The van der Waals surface area contributed by atoms with Crippen LogP contribution in [0, 0.1) is 12.7 Å². The molecule has 1 heterocycles. The molecule has 0 aromatic heterocycles. The molecular formula is C21H22F4N2O5. The van der Waals surface area contributed by atoms with Crippen molar-refractivity contribution in [2.75, 3.05) is 33.3 Å². The number of halogens is 4. The van der Waals surface area contributed by atoms with E-state index < -0.39 is 12.1 Å². The third-order valence-corrected chi connectivity index (χ3v) is 4.97. The van der Waals surface area contributed by atoms with Gasteiger partial charge in [0, 0.05) is 0 Å². The van der Waals surface area contributed by atoms with Gasteiger partial charge in [0.2, 0.25) is 0 Å². The van der Waals surface area contributed by atoms with E-state index in [0.717, 1.165) is 24.0 Å². The standard InChI is InChI=1S/C19H21FN2O3.C2HF3O2/c1-12-14(10-17(23)25-2)9-13-3-4-15(20)11-16(13)18(12)19(24)22-7-5-21-6-8-22;3-2(4,5)1(6)7/h3-4,9,11,21H,5-8,10H2,1-2H3;(H,6,7). The van der Waals surface area contributed by atoms with Crippen LogP contribution in [0.25, 0.3) is 10.8 Å². The molecule has 7 nitrogen and oxygen atoms in total. The van der Waals surface area contributed by atoms with Crippen molar-refractivity contribution in [2.24, 2.45) is 0 Å². The Morgan fingerprint density at radius 1 is 1.16 bits per heavy atom. The summed E-state index contributed by atoms with van der Waals surface area (Å²) in [6.45, 7) is 4.86. The molecule has 0 saturated carbocycles. The number of carbonyl (C=O) groups is 3. The Kier molecular flexibility index (Phi) is 8.14. The fourth-order valence-electron chi connectivity index (χ4n) is 3.33. The van der Waals surface area contributed by atoms with E-state index in [1.807, 2.05) is 13.0 Å². The number of carboxylic acids is 1. The lowest BCUT2D eigenvalue weighted by Crippen LogP contribution is -2.89. The van der Waals surface area contributed by atoms with Crippen molar-refractivity contribution in [3.05, 3.63) is 46.8 Å². The Morgan fingerprint density at radius 2 is 1.75 bits per heavy atom. The van der Waals surface area contributed by atoms with Crippen molar-refractivity contribution in [2.45, 2.75) is 19.5 Å². The molecular weight excluding hydrogens is 436 g/mol. The summed E-state index contributed by atoms with van der Waals surface area (Å²) in [4.78, 5) is 35.4. The number of methoxy groups -OCH3 is 1. The second-order valence-corrected chi connectivity index (χ2v) is 7.10. The lowest BCUT2D eigenvalue weighted by Gasteiger charge is -2.27. The third kappa shape index (κ3) is 6.16. The number of piperazine rings is 1. The van der Waals surface area contributed by atoms with Crippen LogP contribution < -0.4 is 10.4 Å². The van der Waals surface area contributed by atoms with Gasteiger partial charge in [-0.2, -0.15) is 13.2 Å². The van der Waals surface area contributed by atoms with Crippen LogP contribution in [-0.4, -0.2) is 62.2 Å². The summed E-state index contributed by atoms with van der Waals surface area (Å²) in [5.41, 5.74) is 1.93. The van der Waals surface area contributed by atoms with Crippen LogP contribution in [0.3, 0.4) is 0 Å². The average molecular weight is 458 g/mol. The Bertz CT molecular complexity index is 1020. The zero-order valence-corrected chi connectivity index (χ0v) is 17.4. The zero-order valence-electron chi connectivity index (χ0n) is 17.4. The molecule has 1 fully saturated rings. The first-order valence-electron chi connectivity index (χ1n) is 9.63. The fraction of sp³-hybridized carbons (Fsp3) is 0.381. The van der Waals surface area contributed by atoms with Crippen LogP contribution in [0.2, 0.25) is 0 Å². The van der Waals surface area contributed by atoms with Crippen molar-refractivity contribution in [3.63, 3.8) is 0 Å². The number of carboxylic acid groups (broad SMARTS) is 1. The maximum Gasteiger partial charge on any atom is 0.430 e. The largest absolute Gasteiger partial charge is 0.542 e. The molecule has 11 heteroatoms. The molecule has 3 rings (SSSR count). The number of amides is 1. The highest BCUT2D eigenvalue weighted by atomic mass is 19.4. The molecule has 0 bridgehead atoms. The molecule has 0 spiro atoms. The van der Waals surface area contributed by atoms with Crippen LogP contribution in [0.15, 0.2) is 24.3 Å². The van der Waals surface area contributed by atoms with Gasteiger partial charge in [-0.05, 0) is 41.0 Å². The molecule has 1 saturated heterocycles. The molecule has 174 valence electrons. The topological polar surface area (TPSA) is 103 Å². The lowest BCUT2D eigenvalue weighted by molar-refractivity contribution is -0.661. The number of nitrogens with zero attached hydrogens (tertiary/aromatic N) is 1. The zero-order chi connectivity index (χ0) is 24.1. The van der Waals surface area contributed by atoms with Gasteiger partial charge in [0.25, 0.3) is 5.91 Å². The molecule has 2 aromatic carbocycles. The van der Waals surface area contributed by atoms with Gasteiger partial charge in [-0.15, -0.1) is 0 Å². The van der Waals surface area contributed by atoms with E-state index in [2.05, 4.69) is 5.32 Å². The molecule has 32 heavy (non-hydrogen) atoms. The number of alkyl halides is 3. The molecule has 1 amide bonds. The predicted molar refractivity (Wildman–Crippen MR) is 103 cm³/mol. The first kappa shape index (κ1) is 25.1. The molecule has 0 aliphatic carbocycles. The highest BCUT2D eigenvalue weighted by Gasteiger charge is 2.29. The monoisotopic (exact) mass is 458 g/mol. The van der Waals surface area contributed by atoms with Crippen molar-refractivity contribution < 1.29 is 47.1 Å². The summed E-state index contributed by atoms with van der Waals surface area (Å²) in [5, 5.41) is 12.3. The fourth-order valence-corrected chi connectivity index (χ4v) is 3.33. The Hall–Kier alpha value is -3.21. The quantitative estimate of drug-likeness (QED) is 0.527.